The van der Waals surface area contributed by atoms with Crippen LogP contribution in [0.15, 0.2) is 18.2 Å². The van der Waals surface area contributed by atoms with E-state index < -0.39 is 0 Å². The first-order valence-electron chi connectivity index (χ1n) is 10.4. The van der Waals surface area contributed by atoms with Crippen molar-refractivity contribution in [3.8, 4) is 5.75 Å². The number of nitrogens with zero attached hydrogens (tertiary/aromatic N) is 1. The standard InChI is InChI=1S/C22H32ClNO4S2/c1-16(22(26)27-3)14-17-8-9-20(19(23)15-17)28-12-11-24(2)21(25)7-5-4-6-18-10-13-29-30-18/h8-9,15-16,18H,4-7,10-14H2,1-3H3. The molecule has 1 aromatic rings. The third-order valence-electron chi connectivity index (χ3n) is 5.15. The highest BCUT2D eigenvalue weighted by Gasteiger charge is 2.17. The number of hydrogen-bond donors (Lipinski definition) is 0. The van der Waals surface area contributed by atoms with Gasteiger partial charge in [-0.25, -0.2) is 0 Å². The van der Waals surface area contributed by atoms with Gasteiger partial charge in [-0.2, -0.15) is 0 Å². The Hall–Kier alpha value is -1.05. The van der Waals surface area contributed by atoms with Crippen LogP contribution in [0, 0.1) is 5.92 Å². The lowest BCUT2D eigenvalue weighted by atomic mass is 10.0. The van der Waals surface area contributed by atoms with Crippen molar-refractivity contribution in [2.24, 2.45) is 5.92 Å². The van der Waals surface area contributed by atoms with Crippen LogP contribution in [-0.4, -0.2) is 55.1 Å². The number of carbonyl (C=O) groups is 2. The van der Waals surface area contributed by atoms with E-state index in [-0.39, 0.29) is 17.8 Å². The first kappa shape index (κ1) is 25.2. The molecule has 168 valence electrons. The molecule has 30 heavy (non-hydrogen) atoms. The van der Waals surface area contributed by atoms with Gasteiger partial charge in [0.2, 0.25) is 5.91 Å². The summed E-state index contributed by atoms with van der Waals surface area (Å²) in [5.41, 5.74) is 0.951. The summed E-state index contributed by atoms with van der Waals surface area (Å²) in [6.45, 7) is 2.73. The molecule has 1 saturated heterocycles. The molecule has 1 amide bonds. The summed E-state index contributed by atoms with van der Waals surface area (Å²) in [4.78, 5) is 25.6. The van der Waals surface area contributed by atoms with Crippen molar-refractivity contribution in [2.75, 3.05) is 33.1 Å². The molecule has 2 unspecified atom stereocenters. The third kappa shape index (κ3) is 8.60. The summed E-state index contributed by atoms with van der Waals surface area (Å²) < 4.78 is 10.5. The first-order chi connectivity index (χ1) is 14.4. The van der Waals surface area contributed by atoms with Crippen molar-refractivity contribution >= 4 is 45.1 Å². The molecule has 0 aromatic heterocycles. The average Bonchev–Trinajstić information content (AvgIpc) is 3.25. The molecule has 8 heteroatoms. The second-order valence-electron chi connectivity index (χ2n) is 7.63. The minimum absolute atomic E-state index is 0.158. The quantitative estimate of drug-likeness (QED) is 0.235. The molecule has 1 aliphatic heterocycles. The monoisotopic (exact) mass is 473 g/mol. The maximum absolute atomic E-state index is 12.3. The van der Waals surface area contributed by atoms with E-state index in [2.05, 4.69) is 0 Å². The Kier molecular flexibility index (Phi) is 11.2. The van der Waals surface area contributed by atoms with Gasteiger partial charge in [-0.05, 0) is 43.4 Å². The Morgan fingerprint density at radius 3 is 2.80 bits per heavy atom. The molecule has 0 N–H and O–H groups in total. The number of carbonyl (C=O) groups excluding carboxylic acids is 2. The van der Waals surface area contributed by atoms with Crippen molar-refractivity contribution in [3.63, 3.8) is 0 Å². The fraction of sp³-hybridized carbons (Fsp3) is 0.636. The van der Waals surface area contributed by atoms with Gasteiger partial charge in [0.25, 0.3) is 0 Å². The van der Waals surface area contributed by atoms with Crippen LogP contribution < -0.4 is 4.74 Å². The topological polar surface area (TPSA) is 55.8 Å². The summed E-state index contributed by atoms with van der Waals surface area (Å²) in [6.07, 6.45) is 5.73. The van der Waals surface area contributed by atoms with Crippen LogP contribution in [0.3, 0.4) is 0 Å². The Morgan fingerprint density at radius 2 is 2.13 bits per heavy atom. The molecule has 5 nitrogen and oxygen atoms in total. The molecule has 1 aromatic carbocycles. The fourth-order valence-corrected chi connectivity index (χ4v) is 6.53. The van der Waals surface area contributed by atoms with Gasteiger partial charge in [0.1, 0.15) is 12.4 Å². The van der Waals surface area contributed by atoms with Gasteiger partial charge in [0, 0.05) is 24.5 Å². The Balaban J connectivity index is 1.66. The van der Waals surface area contributed by atoms with Gasteiger partial charge < -0.3 is 14.4 Å². The van der Waals surface area contributed by atoms with Crippen molar-refractivity contribution in [3.05, 3.63) is 28.8 Å². The van der Waals surface area contributed by atoms with E-state index in [0.717, 1.165) is 23.7 Å². The summed E-state index contributed by atoms with van der Waals surface area (Å²) in [6, 6.07) is 5.52. The zero-order valence-electron chi connectivity index (χ0n) is 18.0. The number of amides is 1. The van der Waals surface area contributed by atoms with Crippen molar-refractivity contribution in [2.45, 2.75) is 50.7 Å². The van der Waals surface area contributed by atoms with E-state index in [1.165, 1.54) is 25.7 Å². The average molecular weight is 474 g/mol. The van der Waals surface area contributed by atoms with Crippen LogP contribution in [0.5, 0.6) is 5.75 Å². The van der Waals surface area contributed by atoms with Gasteiger partial charge in [-0.1, -0.05) is 52.6 Å². The van der Waals surface area contributed by atoms with Crippen molar-refractivity contribution in [1.29, 1.82) is 0 Å². The smallest absolute Gasteiger partial charge is 0.308 e. The highest BCUT2D eigenvalue weighted by atomic mass is 35.5. The minimum Gasteiger partial charge on any atom is -0.490 e. The minimum atomic E-state index is -0.240. The molecule has 2 rings (SSSR count). The largest absolute Gasteiger partial charge is 0.490 e. The summed E-state index contributed by atoms with van der Waals surface area (Å²) in [5.74, 6) is 1.53. The van der Waals surface area contributed by atoms with E-state index >= 15 is 0 Å². The Morgan fingerprint density at radius 1 is 1.33 bits per heavy atom. The van der Waals surface area contributed by atoms with Gasteiger partial charge in [-0.3, -0.25) is 9.59 Å². The van der Waals surface area contributed by atoms with Crippen LogP contribution in [0.25, 0.3) is 0 Å². The molecular formula is C22H32ClNO4S2. The van der Waals surface area contributed by atoms with Gasteiger partial charge in [-0.15, -0.1) is 0 Å². The number of unbranched alkanes of at least 4 members (excludes halogenated alkanes) is 1. The highest BCUT2D eigenvalue weighted by molar-refractivity contribution is 8.77. The molecule has 2 atom stereocenters. The van der Waals surface area contributed by atoms with E-state index in [1.807, 2.05) is 53.8 Å². The Bertz CT molecular complexity index is 698. The molecule has 0 spiro atoms. The lowest BCUT2D eigenvalue weighted by Crippen LogP contribution is -2.30. The lowest BCUT2D eigenvalue weighted by molar-refractivity contribution is -0.144. The molecule has 1 aliphatic rings. The zero-order valence-corrected chi connectivity index (χ0v) is 20.4. The number of rotatable bonds is 12. The van der Waals surface area contributed by atoms with Crippen LogP contribution in [0.2, 0.25) is 5.02 Å². The molecule has 1 heterocycles. The van der Waals surface area contributed by atoms with E-state index in [9.17, 15) is 9.59 Å². The number of halogens is 1. The SMILES string of the molecule is COC(=O)C(C)Cc1ccc(OCCN(C)C(=O)CCCCC2CCSS2)c(Cl)c1. The van der Waals surface area contributed by atoms with Crippen LogP contribution in [0.4, 0.5) is 0 Å². The fourth-order valence-electron chi connectivity index (χ4n) is 3.25. The summed E-state index contributed by atoms with van der Waals surface area (Å²) in [5, 5.41) is 1.28. The number of benzene rings is 1. The van der Waals surface area contributed by atoms with E-state index in [0.29, 0.717) is 36.8 Å². The van der Waals surface area contributed by atoms with Gasteiger partial charge >= 0.3 is 5.97 Å². The van der Waals surface area contributed by atoms with Crippen molar-refractivity contribution in [1.82, 2.24) is 4.90 Å². The maximum atomic E-state index is 12.3. The second kappa shape index (κ2) is 13.4. The van der Waals surface area contributed by atoms with Crippen LogP contribution in [0.1, 0.15) is 44.6 Å². The summed E-state index contributed by atoms with van der Waals surface area (Å²) in [7, 11) is 7.16. The number of ether oxygens (including phenoxy) is 2. The second-order valence-corrected chi connectivity index (χ2v) is 10.8. The number of likely N-dealkylation sites (N-methyl/N-ethyl adjacent to an activating group) is 1. The molecule has 0 aliphatic carbocycles. The molecular weight excluding hydrogens is 442 g/mol. The van der Waals surface area contributed by atoms with E-state index in [4.69, 9.17) is 21.1 Å². The Labute approximate surface area is 193 Å². The van der Waals surface area contributed by atoms with Crippen molar-refractivity contribution < 1.29 is 19.1 Å². The molecule has 1 fully saturated rings. The molecule has 0 bridgehead atoms. The van der Waals surface area contributed by atoms with Crippen LogP contribution in [-0.2, 0) is 20.7 Å². The lowest BCUT2D eigenvalue weighted by Gasteiger charge is -2.18. The number of methoxy groups -OCH3 is 1. The van der Waals surface area contributed by atoms with Gasteiger partial charge in [0.05, 0.1) is 24.6 Å². The number of hydrogen-bond acceptors (Lipinski definition) is 6. The first-order valence-corrected chi connectivity index (χ1v) is 13.2. The maximum Gasteiger partial charge on any atom is 0.308 e. The zero-order chi connectivity index (χ0) is 21.9. The van der Waals surface area contributed by atoms with Gasteiger partial charge in [0.15, 0.2) is 0 Å². The highest BCUT2D eigenvalue weighted by Crippen LogP contribution is 2.39. The summed E-state index contributed by atoms with van der Waals surface area (Å²) >= 11 is 6.32. The predicted molar refractivity (Wildman–Crippen MR) is 126 cm³/mol. The third-order valence-corrected chi connectivity index (χ3v) is 8.45. The molecule has 0 saturated carbocycles. The number of esters is 1. The van der Waals surface area contributed by atoms with E-state index in [1.54, 1.807) is 4.90 Å². The van der Waals surface area contributed by atoms with Crippen LogP contribution >= 0.6 is 33.2 Å². The predicted octanol–water partition coefficient (Wildman–Crippen LogP) is 5.24. The normalized spacial score (nSPS) is 16.9. The molecule has 0 radical (unpaired) electrons.